The molecule has 0 aliphatic carbocycles. The number of esters is 1. The second-order valence-corrected chi connectivity index (χ2v) is 10.3. The van der Waals surface area contributed by atoms with Crippen molar-refractivity contribution in [3.8, 4) is 0 Å². The fourth-order valence-electron chi connectivity index (χ4n) is 0.927. The minimum Gasteiger partial charge on any atom is -0.468 e. The van der Waals surface area contributed by atoms with Crippen LogP contribution in [0.4, 0.5) is 0 Å². The van der Waals surface area contributed by atoms with E-state index in [0.29, 0.717) is 13.0 Å². The summed E-state index contributed by atoms with van der Waals surface area (Å²) in [5, 5.41) is 0.183. The first-order valence-electron chi connectivity index (χ1n) is 5.59. The molecule has 0 aromatic carbocycles. The van der Waals surface area contributed by atoms with Gasteiger partial charge in [0, 0.05) is 6.61 Å². The molecular weight excluding hydrogens is 222 g/mol. The average Bonchev–Trinajstić information content (AvgIpc) is 2.14. The lowest BCUT2D eigenvalue weighted by Crippen LogP contribution is -2.42. The molecule has 0 aliphatic heterocycles. The monoisotopic (exact) mass is 247 g/mol. The molecule has 0 spiro atoms. The van der Waals surface area contributed by atoms with Crippen molar-refractivity contribution in [3.05, 3.63) is 0 Å². The van der Waals surface area contributed by atoms with Crippen molar-refractivity contribution >= 4 is 14.3 Å². The van der Waals surface area contributed by atoms with Crippen molar-refractivity contribution in [2.75, 3.05) is 13.7 Å². The summed E-state index contributed by atoms with van der Waals surface area (Å²) in [6.45, 7) is 11.4. The van der Waals surface area contributed by atoms with Crippen LogP contribution in [0.5, 0.6) is 0 Å². The van der Waals surface area contributed by atoms with E-state index in [-0.39, 0.29) is 11.0 Å². The van der Waals surface area contributed by atoms with Gasteiger partial charge in [0.05, 0.1) is 7.11 Å². The predicted molar refractivity (Wildman–Crippen MR) is 67.8 cm³/mol. The van der Waals surface area contributed by atoms with Gasteiger partial charge in [-0.25, -0.2) is 0 Å². The van der Waals surface area contributed by atoms with E-state index in [1.807, 2.05) is 0 Å². The molecule has 0 aromatic rings. The summed E-state index contributed by atoms with van der Waals surface area (Å²) in [5.74, 6) is -0.376. The highest BCUT2D eigenvalue weighted by Crippen LogP contribution is 2.36. The summed E-state index contributed by atoms with van der Waals surface area (Å²) in [4.78, 5) is 11.1. The van der Waals surface area contributed by atoms with Crippen molar-refractivity contribution in [3.63, 3.8) is 0 Å². The Labute approximate surface area is 99.6 Å². The summed E-state index contributed by atoms with van der Waals surface area (Å²) >= 11 is 0. The summed E-state index contributed by atoms with van der Waals surface area (Å²) in [7, 11) is -0.380. The fourth-order valence-corrected chi connectivity index (χ4v) is 1.99. The third-order valence-corrected chi connectivity index (χ3v) is 7.74. The van der Waals surface area contributed by atoms with Gasteiger partial charge in [-0.15, -0.1) is 0 Å². The topological polar surface area (TPSA) is 61.5 Å². The largest absolute Gasteiger partial charge is 0.468 e. The second-order valence-electron chi connectivity index (χ2n) is 5.53. The van der Waals surface area contributed by atoms with Gasteiger partial charge in [0.15, 0.2) is 8.32 Å². The average molecular weight is 247 g/mol. The molecule has 0 radical (unpaired) electrons. The minimum absolute atomic E-state index is 0.183. The predicted octanol–water partition coefficient (Wildman–Crippen LogP) is 1.90. The highest BCUT2D eigenvalue weighted by atomic mass is 28.4. The van der Waals surface area contributed by atoms with Crippen LogP contribution in [0.3, 0.4) is 0 Å². The summed E-state index contributed by atoms with van der Waals surface area (Å²) in [6, 6.07) is -0.574. The van der Waals surface area contributed by atoms with Crippen LogP contribution < -0.4 is 5.73 Å². The summed E-state index contributed by atoms with van der Waals surface area (Å²) in [5.41, 5.74) is 5.63. The molecule has 0 amide bonds. The molecule has 0 fully saturated rings. The van der Waals surface area contributed by atoms with Gasteiger partial charge in [0.2, 0.25) is 0 Å². The smallest absolute Gasteiger partial charge is 0.322 e. The first-order chi connectivity index (χ1) is 7.12. The maximum Gasteiger partial charge on any atom is 0.322 e. The zero-order chi connectivity index (χ0) is 13.0. The highest BCUT2D eigenvalue weighted by Gasteiger charge is 2.37. The van der Waals surface area contributed by atoms with Crippen LogP contribution in [0.2, 0.25) is 18.1 Å². The van der Waals surface area contributed by atoms with Crippen molar-refractivity contribution in [2.24, 2.45) is 5.73 Å². The molecule has 0 aliphatic rings. The Morgan fingerprint density at radius 1 is 1.38 bits per heavy atom. The molecule has 0 saturated heterocycles. The molecule has 1 atom stereocenters. The zero-order valence-electron chi connectivity index (χ0n) is 11.3. The van der Waals surface area contributed by atoms with Crippen molar-refractivity contribution in [1.82, 2.24) is 0 Å². The molecule has 0 saturated carbocycles. The van der Waals surface area contributed by atoms with Crippen molar-refractivity contribution in [1.29, 1.82) is 0 Å². The van der Waals surface area contributed by atoms with E-state index < -0.39 is 14.4 Å². The van der Waals surface area contributed by atoms with Crippen LogP contribution in [-0.2, 0) is 14.0 Å². The van der Waals surface area contributed by atoms with Crippen LogP contribution in [-0.4, -0.2) is 34.0 Å². The third-order valence-electron chi connectivity index (χ3n) is 3.20. The number of carbonyl (C=O) groups is 1. The van der Waals surface area contributed by atoms with E-state index in [1.165, 1.54) is 7.11 Å². The third kappa shape index (κ3) is 4.63. The fraction of sp³-hybridized carbons (Fsp3) is 0.909. The van der Waals surface area contributed by atoms with Gasteiger partial charge < -0.3 is 14.9 Å². The van der Waals surface area contributed by atoms with E-state index >= 15 is 0 Å². The van der Waals surface area contributed by atoms with Crippen LogP contribution in [0.25, 0.3) is 0 Å². The Bertz CT molecular complexity index is 236. The molecule has 2 N–H and O–H groups in total. The number of ether oxygens (including phenoxy) is 1. The number of carbonyl (C=O) groups excluding carboxylic acids is 1. The van der Waals surface area contributed by atoms with E-state index in [0.717, 1.165) is 0 Å². The van der Waals surface area contributed by atoms with E-state index in [4.69, 9.17) is 10.2 Å². The van der Waals surface area contributed by atoms with Gasteiger partial charge in [0.25, 0.3) is 0 Å². The molecule has 0 unspecified atom stereocenters. The molecule has 16 heavy (non-hydrogen) atoms. The minimum atomic E-state index is -1.72. The van der Waals surface area contributed by atoms with Crippen LogP contribution in [0, 0.1) is 0 Å². The second kappa shape index (κ2) is 5.79. The van der Waals surface area contributed by atoms with Gasteiger partial charge >= 0.3 is 5.97 Å². The van der Waals surface area contributed by atoms with Gasteiger partial charge in [-0.3, -0.25) is 4.79 Å². The first kappa shape index (κ1) is 15.6. The maximum absolute atomic E-state index is 11.1. The van der Waals surface area contributed by atoms with Crippen LogP contribution >= 0.6 is 0 Å². The Balaban J connectivity index is 4.04. The van der Waals surface area contributed by atoms with Gasteiger partial charge in [0.1, 0.15) is 6.04 Å². The van der Waals surface area contributed by atoms with Gasteiger partial charge in [-0.05, 0) is 24.6 Å². The summed E-state index contributed by atoms with van der Waals surface area (Å²) < 4.78 is 10.5. The molecule has 96 valence electrons. The van der Waals surface area contributed by atoms with E-state index in [9.17, 15) is 4.79 Å². The molecule has 0 bridgehead atoms. The lowest BCUT2D eigenvalue weighted by molar-refractivity contribution is -0.142. The number of hydrogen-bond donors (Lipinski definition) is 1. The quantitative estimate of drug-likeness (QED) is 0.595. The molecule has 0 heterocycles. The van der Waals surface area contributed by atoms with Crippen molar-refractivity contribution < 1.29 is 14.0 Å². The van der Waals surface area contributed by atoms with Gasteiger partial charge in [-0.2, -0.15) is 0 Å². The zero-order valence-corrected chi connectivity index (χ0v) is 12.3. The van der Waals surface area contributed by atoms with Crippen LogP contribution in [0.1, 0.15) is 27.2 Å². The Kier molecular flexibility index (Phi) is 5.65. The van der Waals surface area contributed by atoms with Gasteiger partial charge in [-0.1, -0.05) is 20.8 Å². The molecule has 0 rings (SSSR count). The Morgan fingerprint density at radius 3 is 2.25 bits per heavy atom. The van der Waals surface area contributed by atoms with E-state index in [2.05, 4.69) is 38.6 Å². The van der Waals surface area contributed by atoms with Crippen molar-refractivity contribution in [2.45, 2.75) is 51.4 Å². The SMILES string of the molecule is COC(=O)[C@@H](N)CCO[Si](C)(C)C(C)(C)C. The lowest BCUT2D eigenvalue weighted by atomic mass is 10.2. The Hall–Kier alpha value is -0.393. The number of nitrogens with two attached hydrogens (primary N) is 1. The van der Waals surface area contributed by atoms with Crippen LogP contribution in [0.15, 0.2) is 0 Å². The molecule has 4 nitrogen and oxygen atoms in total. The summed E-state index contributed by atoms with van der Waals surface area (Å²) in [6.07, 6.45) is 0.513. The molecule has 5 heteroatoms. The maximum atomic E-state index is 11.1. The lowest BCUT2D eigenvalue weighted by Gasteiger charge is -2.36. The normalized spacial score (nSPS) is 14.7. The number of rotatable bonds is 5. The van der Waals surface area contributed by atoms with E-state index in [1.54, 1.807) is 0 Å². The number of methoxy groups -OCH3 is 1. The Morgan fingerprint density at radius 2 is 1.88 bits per heavy atom. The first-order valence-corrected chi connectivity index (χ1v) is 8.50. The molecular formula is C11H25NO3Si. The standard InChI is InChI=1S/C11H25NO3Si/c1-11(2,3)16(5,6)15-8-7-9(12)10(13)14-4/h9H,7-8,12H2,1-6H3/t9-/m0/s1. The highest BCUT2D eigenvalue weighted by molar-refractivity contribution is 6.74. The molecule has 0 aromatic heterocycles. The number of hydrogen-bond acceptors (Lipinski definition) is 4.